The van der Waals surface area contributed by atoms with Crippen molar-refractivity contribution in [3.8, 4) is 11.5 Å². The first-order valence-electron chi connectivity index (χ1n) is 9.85. The highest BCUT2D eigenvalue weighted by Gasteiger charge is 2.24. The second-order valence-corrected chi connectivity index (χ2v) is 6.94. The SMILES string of the molecule is CCCCCCCCOc1cccc(OC(=O)C2CCCCC2)c1F. The molecular formula is C21H31FO3. The molecule has 1 aliphatic rings. The van der Waals surface area contributed by atoms with Crippen LogP contribution in [0.4, 0.5) is 4.39 Å². The number of hydrogen-bond donors (Lipinski definition) is 0. The van der Waals surface area contributed by atoms with Gasteiger partial charge in [0.15, 0.2) is 11.5 Å². The Morgan fingerprint density at radius 1 is 1.04 bits per heavy atom. The van der Waals surface area contributed by atoms with Gasteiger partial charge in [-0.05, 0) is 31.4 Å². The third-order valence-corrected chi connectivity index (χ3v) is 4.83. The number of rotatable bonds is 10. The molecule has 0 saturated heterocycles. The quantitative estimate of drug-likeness (QED) is 0.293. The van der Waals surface area contributed by atoms with Crippen molar-refractivity contribution in [2.75, 3.05) is 6.61 Å². The lowest BCUT2D eigenvalue weighted by Gasteiger charge is -2.20. The van der Waals surface area contributed by atoms with Crippen LogP contribution in [0.25, 0.3) is 0 Å². The minimum absolute atomic E-state index is 0.0176. The van der Waals surface area contributed by atoms with Crippen molar-refractivity contribution < 1.29 is 18.7 Å². The number of benzene rings is 1. The van der Waals surface area contributed by atoms with Crippen LogP contribution in [0.1, 0.15) is 77.6 Å². The van der Waals surface area contributed by atoms with Crippen molar-refractivity contribution in [1.82, 2.24) is 0 Å². The molecule has 0 heterocycles. The molecule has 0 atom stereocenters. The van der Waals surface area contributed by atoms with E-state index in [1.807, 2.05) is 0 Å². The van der Waals surface area contributed by atoms with Crippen molar-refractivity contribution >= 4 is 5.97 Å². The Bertz CT molecular complexity index is 524. The van der Waals surface area contributed by atoms with E-state index in [1.54, 1.807) is 12.1 Å². The van der Waals surface area contributed by atoms with E-state index >= 15 is 0 Å². The van der Waals surface area contributed by atoms with E-state index in [2.05, 4.69) is 6.92 Å². The van der Waals surface area contributed by atoms with Gasteiger partial charge in [0.1, 0.15) is 0 Å². The number of halogens is 1. The van der Waals surface area contributed by atoms with E-state index in [0.717, 1.165) is 38.5 Å². The molecular weight excluding hydrogens is 319 g/mol. The van der Waals surface area contributed by atoms with Gasteiger partial charge >= 0.3 is 5.97 Å². The van der Waals surface area contributed by atoms with Gasteiger partial charge in [-0.25, -0.2) is 0 Å². The molecule has 1 aromatic rings. The first kappa shape index (κ1) is 19.7. The molecule has 4 heteroatoms. The van der Waals surface area contributed by atoms with Crippen LogP contribution >= 0.6 is 0 Å². The summed E-state index contributed by atoms with van der Waals surface area (Å²) in [5.74, 6) is -0.830. The van der Waals surface area contributed by atoms with Crippen molar-refractivity contribution in [2.45, 2.75) is 77.6 Å². The molecule has 0 bridgehead atoms. The van der Waals surface area contributed by atoms with Crippen LogP contribution in [0, 0.1) is 11.7 Å². The minimum Gasteiger partial charge on any atom is -0.490 e. The fourth-order valence-corrected chi connectivity index (χ4v) is 3.28. The summed E-state index contributed by atoms with van der Waals surface area (Å²) < 4.78 is 25.3. The Morgan fingerprint density at radius 3 is 2.48 bits per heavy atom. The van der Waals surface area contributed by atoms with Crippen LogP contribution in [0.15, 0.2) is 18.2 Å². The number of carbonyl (C=O) groups excluding carboxylic acids is 1. The lowest BCUT2D eigenvalue weighted by atomic mass is 9.89. The first-order valence-corrected chi connectivity index (χ1v) is 9.85. The summed E-state index contributed by atoms with van der Waals surface area (Å²) in [7, 11) is 0. The predicted octanol–water partition coefficient (Wildman–Crippen LogP) is 6.05. The monoisotopic (exact) mass is 350 g/mol. The highest BCUT2D eigenvalue weighted by Crippen LogP contribution is 2.30. The van der Waals surface area contributed by atoms with Crippen LogP contribution in [-0.2, 0) is 4.79 Å². The van der Waals surface area contributed by atoms with Gasteiger partial charge in [-0.1, -0.05) is 64.4 Å². The summed E-state index contributed by atoms with van der Waals surface area (Å²) in [5.41, 5.74) is 0. The smallest absolute Gasteiger partial charge is 0.314 e. The molecule has 0 aliphatic heterocycles. The fraction of sp³-hybridized carbons (Fsp3) is 0.667. The topological polar surface area (TPSA) is 35.5 Å². The maximum atomic E-state index is 14.5. The van der Waals surface area contributed by atoms with Gasteiger partial charge in [-0.2, -0.15) is 4.39 Å². The highest BCUT2D eigenvalue weighted by molar-refractivity contribution is 5.75. The minimum atomic E-state index is -0.572. The van der Waals surface area contributed by atoms with E-state index in [9.17, 15) is 9.18 Å². The lowest BCUT2D eigenvalue weighted by molar-refractivity contribution is -0.140. The largest absolute Gasteiger partial charge is 0.490 e. The number of carbonyl (C=O) groups is 1. The summed E-state index contributed by atoms with van der Waals surface area (Å²) in [5, 5.41) is 0. The van der Waals surface area contributed by atoms with Gasteiger partial charge < -0.3 is 9.47 Å². The molecule has 2 rings (SSSR count). The number of esters is 1. The number of hydrogen-bond acceptors (Lipinski definition) is 3. The molecule has 0 unspecified atom stereocenters. The maximum Gasteiger partial charge on any atom is 0.314 e. The summed E-state index contributed by atoms with van der Waals surface area (Å²) in [6.07, 6.45) is 11.9. The molecule has 1 saturated carbocycles. The third kappa shape index (κ3) is 6.68. The van der Waals surface area contributed by atoms with Crippen molar-refractivity contribution in [1.29, 1.82) is 0 Å². The van der Waals surface area contributed by atoms with E-state index in [0.29, 0.717) is 6.61 Å². The Labute approximate surface area is 150 Å². The van der Waals surface area contributed by atoms with Gasteiger partial charge in [0.25, 0.3) is 0 Å². The molecule has 0 radical (unpaired) electrons. The number of ether oxygens (including phenoxy) is 2. The summed E-state index contributed by atoms with van der Waals surface area (Å²) in [6, 6.07) is 4.75. The van der Waals surface area contributed by atoms with Gasteiger partial charge in [0.2, 0.25) is 5.82 Å². The number of unbranched alkanes of at least 4 members (excludes halogenated alkanes) is 5. The van der Waals surface area contributed by atoms with Crippen LogP contribution in [-0.4, -0.2) is 12.6 Å². The Hall–Kier alpha value is -1.58. The summed E-state index contributed by atoms with van der Waals surface area (Å²) >= 11 is 0. The third-order valence-electron chi connectivity index (χ3n) is 4.83. The predicted molar refractivity (Wildman–Crippen MR) is 97.5 cm³/mol. The van der Waals surface area contributed by atoms with Gasteiger partial charge in [0, 0.05) is 0 Å². The average Bonchev–Trinajstić information content (AvgIpc) is 2.64. The van der Waals surface area contributed by atoms with E-state index in [4.69, 9.17) is 9.47 Å². The lowest BCUT2D eigenvalue weighted by Crippen LogP contribution is -2.23. The van der Waals surface area contributed by atoms with Crippen LogP contribution < -0.4 is 9.47 Å². The molecule has 0 N–H and O–H groups in total. The first-order chi connectivity index (χ1) is 12.2. The van der Waals surface area contributed by atoms with Gasteiger partial charge in [-0.3, -0.25) is 4.79 Å². The summed E-state index contributed by atoms with van der Waals surface area (Å²) in [6.45, 7) is 2.68. The second-order valence-electron chi connectivity index (χ2n) is 6.94. The van der Waals surface area contributed by atoms with Crippen molar-refractivity contribution in [3.05, 3.63) is 24.0 Å². The van der Waals surface area contributed by atoms with Crippen molar-refractivity contribution in [3.63, 3.8) is 0 Å². The maximum absolute atomic E-state index is 14.5. The molecule has 25 heavy (non-hydrogen) atoms. The Morgan fingerprint density at radius 2 is 1.72 bits per heavy atom. The molecule has 1 aliphatic carbocycles. The zero-order valence-corrected chi connectivity index (χ0v) is 15.4. The molecule has 0 aromatic heterocycles. The molecule has 140 valence electrons. The molecule has 3 nitrogen and oxygen atoms in total. The summed E-state index contributed by atoms with van der Waals surface area (Å²) in [4.78, 5) is 12.2. The zero-order chi connectivity index (χ0) is 17.9. The molecule has 0 amide bonds. The average molecular weight is 350 g/mol. The van der Waals surface area contributed by atoms with E-state index in [-0.39, 0.29) is 23.4 Å². The Kier molecular flexibility index (Phi) is 8.78. The fourth-order valence-electron chi connectivity index (χ4n) is 3.28. The van der Waals surface area contributed by atoms with Gasteiger partial charge in [-0.15, -0.1) is 0 Å². The van der Waals surface area contributed by atoms with E-state index < -0.39 is 5.82 Å². The molecule has 1 aromatic carbocycles. The van der Waals surface area contributed by atoms with Gasteiger partial charge in [0.05, 0.1) is 12.5 Å². The highest BCUT2D eigenvalue weighted by atomic mass is 19.1. The molecule has 0 spiro atoms. The van der Waals surface area contributed by atoms with Crippen molar-refractivity contribution in [2.24, 2.45) is 5.92 Å². The van der Waals surface area contributed by atoms with Crippen LogP contribution in [0.5, 0.6) is 11.5 Å². The van der Waals surface area contributed by atoms with E-state index in [1.165, 1.54) is 38.2 Å². The Balaban J connectivity index is 1.79. The zero-order valence-electron chi connectivity index (χ0n) is 15.4. The second kappa shape index (κ2) is 11.1. The standard InChI is InChI=1S/C21H31FO3/c1-2-3-4-5-6-10-16-24-18-14-11-15-19(20(18)22)25-21(23)17-12-8-7-9-13-17/h11,14-15,17H,2-10,12-13,16H2,1H3. The normalized spacial score (nSPS) is 15.1. The van der Waals surface area contributed by atoms with Crippen LogP contribution in [0.2, 0.25) is 0 Å². The van der Waals surface area contributed by atoms with Crippen LogP contribution in [0.3, 0.4) is 0 Å². The molecule has 1 fully saturated rings.